The molecule has 0 aliphatic carbocycles. The first-order chi connectivity index (χ1) is 8.29. The fourth-order valence-corrected chi connectivity index (χ4v) is 2.51. The molecule has 0 aliphatic rings. The largest absolute Gasteiger partial charge is 0.384 e. The Morgan fingerprint density at radius 2 is 2.35 bits per heavy atom. The number of thiophene rings is 1. The van der Waals surface area contributed by atoms with E-state index >= 15 is 0 Å². The second-order valence-corrected chi connectivity index (χ2v) is 4.81. The summed E-state index contributed by atoms with van der Waals surface area (Å²) >= 11 is 1.76. The molecule has 0 saturated carbocycles. The van der Waals surface area contributed by atoms with Crippen LogP contribution in [0.5, 0.6) is 0 Å². The maximum atomic E-state index is 5.64. The summed E-state index contributed by atoms with van der Waals surface area (Å²) in [7, 11) is 0. The van der Waals surface area contributed by atoms with Gasteiger partial charge in [-0.1, -0.05) is 19.4 Å². The van der Waals surface area contributed by atoms with E-state index in [0.29, 0.717) is 11.9 Å². The molecular formula is C12H16N4S. The molecule has 0 fully saturated rings. The zero-order valence-corrected chi connectivity index (χ0v) is 10.6. The summed E-state index contributed by atoms with van der Waals surface area (Å²) in [6, 6.07) is 6.27. The molecule has 90 valence electrons. The van der Waals surface area contributed by atoms with Crippen molar-refractivity contribution in [3.63, 3.8) is 0 Å². The van der Waals surface area contributed by atoms with Crippen LogP contribution in [0.25, 0.3) is 0 Å². The maximum absolute atomic E-state index is 5.64. The van der Waals surface area contributed by atoms with E-state index in [0.717, 1.165) is 18.7 Å². The summed E-state index contributed by atoms with van der Waals surface area (Å²) in [5.74, 6) is 1.27. The summed E-state index contributed by atoms with van der Waals surface area (Å²) in [5, 5.41) is 5.49. The van der Waals surface area contributed by atoms with Crippen molar-refractivity contribution in [1.82, 2.24) is 9.97 Å². The van der Waals surface area contributed by atoms with Crippen LogP contribution < -0.4 is 11.1 Å². The third kappa shape index (κ3) is 3.17. The third-order valence-electron chi connectivity index (χ3n) is 2.47. The zero-order chi connectivity index (χ0) is 12.1. The molecule has 0 spiro atoms. The summed E-state index contributed by atoms with van der Waals surface area (Å²) in [6.45, 7) is 2.18. The molecule has 2 rings (SSSR count). The minimum absolute atomic E-state index is 0.300. The molecule has 2 heterocycles. The number of hydrogen-bond acceptors (Lipinski definition) is 5. The highest BCUT2D eigenvalue weighted by atomic mass is 32.1. The summed E-state index contributed by atoms with van der Waals surface area (Å²) < 4.78 is 0. The molecule has 2 aromatic rings. The SMILES string of the molecule is CCCC(Nc1cc(N)ncn1)c1cccs1. The predicted molar refractivity (Wildman–Crippen MR) is 72.0 cm³/mol. The second-order valence-electron chi connectivity index (χ2n) is 3.83. The first-order valence-corrected chi connectivity index (χ1v) is 6.55. The van der Waals surface area contributed by atoms with E-state index in [1.807, 2.05) is 0 Å². The lowest BCUT2D eigenvalue weighted by Gasteiger charge is -2.17. The van der Waals surface area contributed by atoms with Gasteiger partial charge < -0.3 is 11.1 Å². The molecule has 2 aromatic heterocycles. The predicted octanol–water partition coefficient (Wildman–Crippen LogP) is 3.07. The van der Waals surface area contributed by atoms with Crippen molar-refractivity contribution in [2.45, 2.75) is 25.8 Å². The maximum Gasteiger partial charge on any atom is 0.131 e. The van der Waals surface area contributed by atoms with Gasteiger partial charge in [-0.25, -0.2) is 9.97 Å². The first-order valence-electron chi connectivity index (χ1n) is 5.67. The Bertz CT molecular complexity index is 455. The highest BCUT2D eigenvalue weighted by Crippen LogP contribution is 2.26. The number of anilines is 2. The van der Waals surface area contributed by atoms with Gasteiger partial charge in [0.1, 0.15) is 18.0 Å². The van der Waals surface area contributed by atoms with Gasteiger partial charge in [-0.2, -0.15) is 0 Å². The van der Waals surface area contributed by atoms with Gasteiger partial charge in [0.15, 0.2) is 0 Å². The summed E-state index contributed by atoms with van der Waals surface area (Å²) in [5.41, 5.74) is 5.64. The highest BCUT2D eigenvalue weighted by molar-refractivity contribution is 7.10. The van der Waals surface area contributed by atoms with Gasteiger partial charge in [-0.3, -0.25) is 0 Å². The van der Waals surface area contributed by atoms with E-state index in [9.17, 15) is 0 Å². The molecule has 1 unspecified atom stereocenters. The molecule has 0 saturated heterocycles. The Morgan fingerprint density at radius 3 is 3.00 bits per heavy atom. The van der Waals surface area contributed by atoms with E-state index in [4.69, 9.17) is 5.73 Å². The van der Waals surface area contributed by atoms with E-state index in [-0.39, 0.29) is 0 Å². The second kappa shape index (κ2) is 5.63. The number of hydrogen-bond donors (Lipinski definition) is 2. The van der Waals surface area contributed by atoms with Gasteiger partial charge in [-0.15, -0.1) is 11.3 Å². The van der Waals surface area contributed by atoms with Crippen LogP contribution in [-0.4, -0.2) is 9.97 Å². The number of rotatable bonds is 5. The quantitative estimate of drug-likeness (QED) is 0.853. The lowest BCUT2D eigenvalue weighted by molar-refractivity contribution is 0.684. The van der Waals surface area contributed by atoms with Gasteiger partial charge in [0, 0.05) is 10.9 Å². The van der Waals surface area contributed by atoms with Crippen LogP contribution in [0.1, 0.15) is 30.7 Å². The minimum Gasteiger partial charge on any atom is -0.384 e. The van der Waals surface area contributed by atoms with Crippen LogP contribution >= 0.6 is 11.3 Å². The summed E-state index contributed by atoms with van der Waals surface area (Å²) in [4.78, 5) is 9.38. The van der Waals surface area contributed by atoms with E-state index in [1.54, 1.807) is 17.4 Å². The Morgan fingerprint density at radius 1 is 1.47 bits per heavy atom. The Hall–Kier alpha value is -1.62. The van der Waals surface area contributed by atoms with Crippen LogP contribution in [0.3, 0.4) is 0 Å². The monoisotopic (exact) mass is 248 g/mol. The van der Waals surface area contributed by atoms with Gasteiger partial charge in [0.25, 0.3) is 0 Å². The Labute approximate surface area is 105 Å². The van der Waals surface area contributed by atoms with Gasteiger partial charge >= 0.3 is 0 Å². The van der Waals surface area contributed by atoms with Crippen molar-refractivity contribution in [1.29, 1.82) is 0 Å². The van der Waals surface area contributed by atoms with Crippen LogP contribution in [0.15, 0.2) is 29.9 Å². The van der Waals surface area contributed by atoms with Crippen molar-refractivity contribution >= 4 is 23.0 Å². The number of nitrogen functional groups attached to an aromatic ring is 1. The smallest absolute Gasteiger partial charge is 0.131 e. The minimum atomic E-state index is 0.300. The molecule has 0 radical (unpaired) electrons. The van der Waals surface area contributed by atoms with Crippen LogP contribution in [-0.2, 0) is 0 Å². The lowest BCUT2D eigenvalue weighted by atomic mass is 10.1. The number of nitrogens with zero attached hydrogens (tertiary/aromatic N) is 2. The number of nitrogens with one attached hydrogen (secondary N) is 1. The topological polar surface area (TPSA) is 63.8 Å². The Balaban J connectivity index is 2.13. The molecule has 0 bridgehead atoms. The normalized spacial score (nSPS) is 12.3. The van der Waals surface area contributed by atoms with Crippen molar-refractivity contribution in [3.05, 3.63) is 34.8 Å². The molecule has 3 N–H and O–H groups in total. The van der Waals surface area contributed by atoms with E-state index < -0.39 is 0 Å². The van der Waals surface area contributed by atoms with Gasteiger partial charge in [0.2, 0.25) is 0 Å². The average Bonchev–Trinajstić information content (AvgIpc) is 2.82. The van der Waals surface area contributed by atoms with Crippen molar-refractivity contribution in [3.8, 4) is 0 Å². The van der Waals surface area contributed by atoms with Crippen LogP contribution in [0, 0.1) is 0 Å². The van der Waals surface area contributed by atoms with Crippen molar-refractivity contribution < 1.29 is 0 Å². The van der Waals surface area contributed by atoms with Crippen LogP contribution in [0.2, 0.25) is 0 Å². The van der Waals surface area contributed by atoms with Crippen molar-refractivity contribution in [2.75, 3.05) is 11.1 Å². The zero-order valence-electron chi connectivity index (χ0n) is 9.76. The molecule has 4 nitrogen and oxygen atoms in total. The molecule has 0 amide bonds. The lowest BCUT2D eigenvalue weighted by Crippen LogP contribution is -2.10. The standard InChI is InChI=1S/C12H16N4S/c1-2-4-9(10-5-3-6-17-10)16-12-7-11(13)14-8-15-12/h3,5-9H,2,4H2,1H3,(H3,13,14,15,16). The molecule has 0 aromatic carbocycles. The molecule has 0 aliphatic heterocycles. The van der Waals surface area contributed by atoms with Crippen LogP contribution in [0.4, 0.5) is 11.6 Å². The van der Waals surface area contributed by atoms with E-state index in [2.05, 4.69) is 39.7 Å². The summed E-state index contributed by atoms with van der Waals surface area (Å²) in [6.07, 6.45) is 3.68. The molecular weight excluding hydrogens is 232 g/mol. The van der Waals surface area contributed by atoms with Gasteiger partial charge in [-0.05, 0) is 17.9 Å². The van der Waals surface area contributed by atoms with Crippen molar-refractivity contribution in [2.24, 2.45) is 0 Å². The Kier molecular flexibility index (Phi) is 3.93. The fraction of sp³-hybridized carbons (Fsp3) is 0.333. The first kappa shape index (κ1) is 11.9. The average molecular weight is 248 g/mol. The molecule has 1 atom stereocenters. The molecule has 17 heavy (non-hydrogen) atoms. The third-order valence-corrected chi connectivity index (χ3v) is 3.46. The number of nitrogens with two attached hydrogens (primary N) is 1. The molecule has 5 heteroatoms. The van der Waals surface area contributed by atoms with Gasteiger partial charge in [0.05, 0.1) is 6.04 Å². The fourth-order valence-electron chi connectivity index (χ4n) is 1.69. The number of aromatic nitrogens is 2. The highest BCUT2D eigenvalue weighted by Gasteiger charge is 2.12. The van der Waals surface area contributed by atoms with E-state index in [1.165, 1.54) is 11.2 Å².